The standard InChI is InChI=1S/C28H30N2O8/c1-16-25(28(32)38-11-10-35-2)26(18-6-5-7-20(12-18)30(33)34)27-21(29-16)13-19(14-22(27)31)17-8-9-23(36-3)24(15-17)37-4/h5-9,12,15,19,26,29H,10-11,13-14H2,1-4H3. The summed E-state index contributed by atoms with van der Waals surface area (Å²) in [4.78, 5) is 38.0. The molecule has 2 aliphatic rings. The van der Waals surface area contributed by atoms with Crippen molar-refractivity contribution in [3.8, 4) is 11.5 Å². The third-order valence-corrected chi connectivity index (χ3v) is 6.86. The molecule has 10 nitrogen and oxygen atoms in total. The van der Waals surface area contributed by atoms with E-state index in [9.17, 15) is 19.7 Å². The summed E-state index contributed by atoms with van der Waals surface area (Å²) in [6.07, 6.45) is 0.706. The van der Waals surface area contributed by atoms with Crippen LogP contribution in [0.2, 0.25) is 0 Å². The Balaban J connectivity index is 1.77. The second-order valence-electron chi connectivity index (χ2n) is 9.11. The molecule has 1 aliphatic carbocycles. The van der Waals surface area contributed by atoms with Gasteiger partial charge in [-0.3, -0.25) is 14.9 Å². The van der Waals surface area contributed by atoms with Gasteiger partial charge in [-0.15, -0.1) is 0 Å². The third-order valence-electron chi connectivity index (χ3n) is 6.86. The average Bonchev–Trinajstić information content (AvgIpc) is 2.91. The molecule has 4 rings (SSSR count). The first-order valence-electron chi connectivity index (χ1n) is 12.1. The molecule has 2 atom stereocenters. The molecule has 1 N–H and O–H groups in total. The van der Waals surface area contributed by atoms with Crippen LogP contribution in [0.15, 0.2) is 65.0 Å². The molecule has 0 spiro atoms. The molecule has 0 radical (unpaired) electrons. The third kappa shape index (κ3) is 5.26. The number of carbonyl (C=O) groups excluding carboxylic acids is 2. The van der Waals surface area contributed by atoms with Gasteiger partial charge in [-0.25, -0.2) is 4.79 Å². The van der Waals surface area contributed by atoms with Gasteiger partial charge in [-0.05, 0) is 42.5 Å². The van der Waals surface area contributed by atoms with Crippen molar-refractivity contribution in [3.63, 3.8) is 0 Å². The number of Topliss-reactive ketones (excluding diaryl/α,β-unsaturated/α-hetero) is 1. The number of nitrogens with zero attached hydrogens (tertiary/aromatic N) is 1. The summed E-state index contributed by atoms with van der Waals surface area (Å²) in [5.74, 6) is -0.535. The summed E-state index contributed by atoms with van der Waals surface area (Å²) < 4.78 is 21.2. The zero-order valence-corrected chi connectivity index (χ0v) is 21.7. The number of hydrogen-bond donors (Lipinski definition) is 1. The molecule has 1 heterocycles. The maximum atomic E-state index is 13.7. The Hall–Kier alpha value is -4.18. The number of allylic oxidation sites excluding steroid dienone is 3. The topological polar surface area (TPSA) is 126 Å². The Morgan fingerprint density at radius 2 is 1.79 bits per heavy atom. The van der Waals surface area contributed by atoms with E-state index in [0.717, 1.165) is 5.56 Å². The Labute approximate surface area is 220 Å². The van der Waals surface area contributed by atoms with Gasteiger partial charge in [0, 0.05) is 48.5 Å². The molecule has 0 amide bonds. The van der Waals surface area contributed by atoms with Gasteiger partial charge in [0.15, 0.2) is 17.3 Å². The maximum Gasteiger partial charge on any atom is 0.336 e. The van der Waals surface area contributed by atoms with E-state index in [0.29, 0.717) is 40.5 Å². The van der Waals surface area contributed by atoms with E-state index in [1.807, 2.05) is 18.2 Å². The molecule has 1 aliphatic heterocycles. The van der Waals surface area contributed by atoms with Gasteiger partial charge in [-0.1, -0.05) is 18.2 Å². The molecule has 0 fully saturated rings. The average molecular weight is 523 g/mol. The van der Waals surface area contributed by atoms with Gasteiger partial charge < -0.3 is 24.3 Å². The Bertz CT molecular complexity index is 1330. The van der Waals surface area contributed by atoms with Crippen molar-refractivity contribution < 1.29 is 33.5 Å². The van der Waals surface area contributed by atoms with Crippen LogP contribution in [-0.2, 0) is 19.1 Å². The number of non-ortho nitro benzene ring substituents is 1. The Kier molecular flexibility index (Phi) is 8.11. The van der Waals surface area contributed by atoms with E-state index >= 15 is 0 Å². The smallest absolute Gasteiger partial charge is 0.336 e. The molecule has 2 unspecified atom stereocenters. The van der Waals surface area contributed by atoms with Crippen molar-refractivity contribution in [2.75, 3.05) is 34.5 Å². The predicted octanol–water partition coefficient (Wildman–Crippen LogP) is 4.16. The lowest BCUT2D eigenvalue weighted by atomic mass is 9.71. The minimum absolute atomic E-state index is 0.0367. The van der Waals surface area contributed by atoms with E-state index in [1.165, 1.54) is 19.2 Å². The largest absolute Gasteiger partial charge is 0.493 e. The van der Waals surface area contributed by atoms with Gasteiger partial charge in [0.25, 0.3) is 5.69 Å². The summed E-state index contributed by atoms with van der Waals surface area (Å²) in [7, 11) is 4.62. The lowest BCUT2D eigenvalue weighted by Crippen LogP contribution is -2.36. The summed E-state index contributed by atoms with van der Waals surface area (Å²) in [5, 5.41) is 14.8. The first-order chi connectivity index (χ1) is 18.3. The Morgan fingerprint density at radius 3 is 2.47 bits per heavy atom. The number of rotatable bonds is 9. The number of nitro groups is 1. The molecular formula is C28H30N2O8. The van der Waals surface area contributed by atoms with Crippen LogP contribution in [0.25, 0.3) is 0 Å². The van der Waals surface area contributed by atoms with Gasteiger partial charge in [0.1, 0.15) is 6.61 Å². The fraction of sp³-hybridized carbons (Fsp3) is 0.357. The highest BCUT2D eigenvalue weighted by molar-refractivity contribution is 6.04. The lowest BCUT2D eigenvalue weighted by molar-refractivity contribution is -0.384. The van der Waals surface area contributed by atoms with Crippen LogP contribution < -0.4 is 14.8 Å². The SMILES string of the molecule is COCCOC(=O)C1=C(C)NC2=C(C(=O)CC(c3ccc(OC)c(OC)c3)C2)C1c1cccc([N+](=O)[O-])c1. The van der Waals surface area contributed by atoms with Gasteiger partial charge >= 0.3 is 5.97 Å². The normalized spacial score (nSPS) is 19.0. The number of nitrogens with one attached hydrogen (secondary N) is 1. The highest BCUT2D eigenvalue weighted by Crippen LogP contribution is 2.46. The number of carbonyl (C=O) groups is 2. The molecule has 0 aromatic heterocycles. The van der Waals surface area contributed by atoms with E-state index in [4.69, 9.17) is 18.9 Å². The molecule has 0 saturated heterocycles. The molecule has 2 aromatic rings. The quantitative estimate of drug-likeness (QED) is 0.223. The summed E-state index contributed by atoms with van der Waals surface area (Å²) in [6.45, 7) is 1.99. The highest BCUT2D eigenvalue weighted by atomic mass is 16.6. The zero-order chi connectivity index (χ0) is 27.4. The number of dihydropyridines is 1. The minimum Gasteiger partial charge on any atom is -0.493 e. The van der Waals surface area contributed by atoms with Crippen molar-refractivity contribution in [2.45, 2.75) is 31.6 Å². The summed E-state index contributed by atoms with van der Waals surface area (Å²) in [6, 6.07) is 11.6. The van der Waals surface area contributed by atoms with Gasteiger partial charge in [0.2, 0.25) is 0 Å². The summed E-state index contributed by atoms with van der Waals surface area (Å²) >= 11 is 0. The molecule has 200 valence electrons. The van der Waals surface area contributed by atoms with Crippen molar-refractivity contribution >= 4 is 17.4 Å². The number of benzene rings is 2. The number of esters is 1. The molecular weight excluding hydrogens is 492 g/mol. The molecule has 0 saturated carbocycles. The van der Waals surface area contributed by atoms with Crippen LogP contribution in [0, 0.1) is 10.1 Å². The lowest BCUT2D eigenvalue weighted by Gasteiger charge is -2.36. The van der Waals surface area contributed by atoms with Crippen LogP contribution in [0.4, 0.5) is 5.69 Å². The first kappa shape index (κ1) is 26.9. The van der Waals surface area contributed by atoms with Crippen molar-refractivity contribution in [1.29, 1.82) is 0 Å². The van der Waals surface area contributed by atoms with Crippen molar-refractivity contribution in [1.82, 2.24) is 5.32 Å². The summed E-state index contributed by atoms with van der Waals surface area (Å²) in [5.41, 5.74) is 3.16. The second kappa shape index (κ2) is 11.5. The molecule has 2 aromatic carbocycles. The van der Waals surface area contributed by atoms with E-state index in [2.05, 4.69) is 5.32 Å². The monoisotopic (exact) mass is 522 g/mol. The molecule has 38 heavy (non-hydrogen) atoms. The zero-order valence-electron chi connectivity index (χ0n) is 21.7. The van der Waals surface area contributed by atoms with E-state index in [1.54, 1.807) is 33.3 Å². The highest BCUT2D eigenvalue weighted by Gasteiger charge is 2.42. The van der Waals surface area contributed by atoms with Gasteiger partial charge in [-0.2, -0.15) is 0 Å². The van der Waals surface area contributed by atoms with E-state index in [-0.39, 0.29) is 42.6 Å². The molecule has 0 bridgehead atoms. The van der Waals surface area contributed by atoms with Crippen LogP contribution in [0.3, 0.4) is 0 Å². The fourth-order valence-corrected chi connectivity index (χ4v) is 5.10. The van der Waals surface area contributed by atoms with Crippen LogP contribution in [0.5, 0.6) is 11.5 Å². The van der Waals surface area contributed by atoms with E-state index < -0.39 is 16.8 Å². The second-order valence-corrected chi connectivity index (χ2v) is 9.11. The van der Waals surface area contributed by atoms with Crippen molar-refractivity contribution in [2.24, 2.45) is 0 Å². The van der Waals surface area contributed by atoms with Crippen LogP contribution >= 0.6 is 0 Å². The van der Waals surface area contributed by atoms with Crippen LogP contribution in [-0.4, -0.2) is 51.2 Å². The minimum atomic E-state index is -0.806. The number of methoxy groups -OCH3 is 3. The first-order valence-corrected chi connectivity index (χ1v) is 12.1. The predicted molar refractivity (Wildman–Crippen MR) is 138 cm³/mol. The number of ketones is 1. The molecule has 10 heteroatoms. The van der Waals surface area contributed by atoms with Gasteiger partial charge in [0.05, 0.1) is 31.3 Å². The van der Waals surface area contributed by atoms with Crippen LogP contribution in [0.1, 0.15) is 42.7 Å². The Morgan fingerprint density at radius 1 is 1.03 bits per heavy atom. The number of ether oxygens (including phenoxy) is 4. The van der Waals surface area contributed by atoms with Crippen molar-refractivity contribution in [3.05, 3.63) is 86.2 Å². The number of nitro benzene ring substituents is 1. The fourth-order valence-electron chi connectivity index (χ4n) is 5.10. The number of hydrogen-bond acceptors (Lipinski definition) is 9. The maximum absolute atomic E-state index is 13.7.